The highest BCUT2D eigenvalue weighted by molar-refractivity contribution is 5.91. The Morgan fingerprint density at radius 3 is 2.44 bits per heavy atom. The average molecular weight is 371 g/mol. The molecule has 2 aromatic rings. The molecular weight excluding hydrogens is 342 g/mol. The van der Waals surface area contributed by atoms with Crippen molar-refractivity contribution in [1.29, 1.82) is 0 Å². The Labute approximate surface area is 161 Å². The van der Waals surface area contributed by atoms with E-state index in [2.05, 4.69) is 31.3 Å². The van der Waals surface area contributed by atoms with Gasteiger partial charge in [-0.05, 0) is 61.2 Å². The summed E-state index contributed by atoms with van der Waals surface area (Å²) in [6, 6.07) is 13.3. The van der Waals surface area contributed by atoms with Crippen LogP contribution < -0.4 is 14.8 Å². The smallest absolute Gasteiger partial charge is 0.262 e. The minimum Gasteiger partial charge on any atom is -0.491 e. The van der Waals surface area contributed by atoms with Crippen LogP contribution in [0.1, 0.15) is 37.8 Å². The first-order chi connectivity index (χ1) is 13.0. The first kappa shape index (κ1) is 20.8. The van der Waals surface area contributed by atoms with Gasteiger partial charge in [-0.2, -0.15) is 0 Å². The fraction of sp³-hybridized carbons (Fsp3) is 0.409. The molecule has 146 valence electrons. The molecule has 5 nitrogen and oxygen atoms in total. The second-order valence-corrected chi connectivity index (χ2v) is 6.60. The zero-order valence-electron chi connectivity index (χ0n) is 16.6. The molecule has 5 heteroatoms. The first-order valence-electron chi connectivity index (χ1n) is 9.33. The Kier molecular flexibility index (Phi) is 8.14. The third-order valence-corrected chi connectivity index (χ3v) is 3.99. The third-order valence-electron chi connectivity index (χ3n) is 3.99. The van der Waals surface area contributed by atoms with Crippen LogP contribution in [0.25, 0.3) is 0 Å². The zero-order chi connectivity index (χ0) is 19.6. The molecule has 0 unspecified atom stereocenters. The number of hydrogen-bond donors (Lipinski definition) is 1. The van der Waals surface area contributed by atoms with Gasteiger partial charge in [-0.1, -0.05) is 26.0 Å². The summed E-state index contributed by atoms with van der Waals surface area (Å²) >= 11 is 0. The predicted molar refractivity (Wildman–Crippen MR) is 108 cm³/mol. The van der Waals surface area contributed by atoms with E-state index < -0.39 is 0 Å². The fourth-order valence-electron chi connectivity index (χ4n) is 2.58. The van der Waals surface area contributed by atoms with Crippen LogP contribution in [-0.4, -0.2) is 32.3 Å². The van der Waals surface area contributed by atoms with Crippen LogP contribution in [0, 0.1) is 6.92 Å². The summed E-state index contributed by atoms with van der Waals surface area (Å²) in [7, 11) is 0. The largest absolute Gasteiger partial charge is 0.491 e. The second-order valence-electron chi connectivity index (χ2n) is 6.60. The number of carbonyl (C=O) groups excluding carboxylic acids is 1. The van der Waals surface area contributed by atoms with E-state index in [0.29, 0.717) is 31.4 Å². The van der Waals surface area contributed by atoms with Gasteiger partial charge in [0.1, 0.15) is 18.1 Å². The van der Waals surface area contributed by atoms with Crippen LogP contribution in [0.2, 0.25) is 0 Å². The summed E-state index contributed by atoms with van der Waals surface area (Å²) in [4.78, 5) is 12.2. The van der Waals surface area contributed by atoms with E-state index in [1.807, 2.05) is 32.0 Å². The van der Waals surface area contributed by atoms with Gasteiger partial charge >= 0.3 is 0 Å². The minimum absolute atomic E-state index is 0.0320. The molecular formula is C22H29NO4. The van der Waals surface area contributed by atoms with Gasteiger partial charge in [-0.3, -0.25) is 4.79 Å². The lowest BCUT2D eigenvalue weighted by atomic mass is 10.0. The Bertz CT molecular complexity index is 726. The van der Waals surface area contributed by atoms with Crippen molar-refractivity contribution in [3.63, 3.8) is 0 Å². The number of benzene rings is 2. The molecule has 0 fully saturated rings. The van der Waals surface area contributed by atoms with E-state index in [9.17, 15) is 4.79 Å². The molecule has 2 aromatic carbocycles. The summed E-state index contributed by atoms with van der Waals surface area (Å²) in [5.74, 6) is 1.64. The fourth-order valence-corrected chi connectivity index (χ4v) is 2.58. The molecule has 2 rings (SSSR count). The highest BCUT2D eigenvalue weighted by Crippen LogP contribution is 2.27. The molecule has 0 atom stereocenters. The molecule has 27 heavy (non-hydrogen) atoms. The molecule has 0 saturated heterocycles. The van der Waals surface area contributed by atoms with Crippen molar-refractivity contribution in [3.8, 4) is 11.5 Å². The number of aryl methyl sites for hydroxylation is 1. The summed E-state index contributed by atoms with van der Waals surface area (Å²) in [5.41, 5.74) is 2.91. The van der Waals surface area contributed by atoms with Gasteiger partial charge in [0.25, 0.3) is 5.91 Å². The maximum atomic E-state index is 12.2. The van der Waals surface area contributed by atoms with Crippen LogP contribution in [0.3, 0.4) is 0 Å². The molecule has 0 aromatic heterocycles. The predicted octanol–water partition coefficient (Wildman–Crippen LogP) is 4.55. The van der Waals surface area contributed by atoms with Gasteiger partial charge in [-0.15, -0.1) is 0 Å². The molecule has 0 radical (unpaired) electrons. The summed E-state index contributed by atoms with van der Waals surface area (Å²) in [6.07, 6.45) is 0. The van der Waals surface area contributed by atoms with E-state index in [4.69, 9.17) is 14.2 Å². The molecule has 0 heterocycles. The van der Waals surface area contributed by atoms with Crippen molar-refractivity contribution < 1.29 is 19.0 Å². The Hall–Kier alpha value is -2.53. The molecule has 0 aliphatic rings. The van der Waals surface area contributed by atoms with Gasteiger partial charge in [0.15, 0.2) is 6.61 Å². The minimum atomic E-state index is -0.198. The molecule has 0 spiro atoms. The van der Waals surface area contributed by atoms with Gasteiger partial charge in [-0.25, -0.2) is 0 Å². The number of ether oxygens (including phenoxy) is 3. The number of carbonyl (C=O) groups is 1. The maximum Gasteiger partial charge on any atom is 0.262 e. The van der Waals surface area contributed by atoms with Gasteiger partial charge in [0, 0.05) is 12.3 Å². The van der Waals surface area contributed by atoms with E-state index in [1.165, 1.54) is 0 Å². The second kappa shape index (κ2) is 10.6. The van der Waals surface area contributed by atoms with Crippen LogP contribution in [-0.2, 0) is 9.53 Å². The van der Waals surface area contributed by atoms with Crippen molar-refractivity contribution >= 4 is 11.6 Å². The van der Waals surface area contributed by atoms with Crippen LogP contribution >= 0.6 is 0 Å². The Balaban J connectivity index is 1.85. The van der Waals surface area contributed by atoms with Crippen LogP contribution in [0.5, 0.6) is 11.5 Å². The number of hydrogen-bond acceptors (Lipinski definition) is 4. The molecule has 1 amide bonds. The highest BCUT2D eigenvalue weighted by Gasteiger charge is 2.10. The van der Waals surface area contributed by atoms with Crippen molar-refractivity contribution in [2.75, 3.05) is 31.7 Å². The SMILES string of the molecule is CCOCCOc1ccc(NC(=O)COc2cc(C)ccc2C(C)C)cc1. The number of anilines is 1. The van der Waals surface area contributed by atoms with Gasteiger partial charge < -0.3 is 19.5 Å². The van der Waals surface area contributed by atoms with Gasteiger partial charge in [0.2, 0.25) is 0 Å². The summed E-state index contributed by atoms with van der Waals surface area (Å²) < 4.78 is 16.5. The normalized spacial score (nSPS) is 10.7. The Morgan fingerprint density at radius 1 is 1.04 bits per heavy atom. The standard InChI is InChI=1S/C22H29NO4/c1-5-25-12-13-26-19-9-7-18(8-10-19)23-22(24)15-27-21-14-17(4)6-11-20(21)16(2)3/h6-11,14,16H,5,12-13,15H2,1-4H3,(H,23,24). The van der Waals surface area contributed by atoms with Crippen LogP contribution in [0.15, 0.2) is 42.5 Å². The summed E-state index contributed by atoms with van der Waals surface area (Å²) in [6.45, 7) is 9.88. The lowest BCUT2D eigenvalue weighted by Crippen LogP contribution is -2.20. The third kappa shape index (κ3) is 6.94. The monoisotopic (exact) mass is 371 g/mol. The lowest BCUT2D eigenvalue weighted by Gasteiger charge is -2.15. The molecule has 0 bridgehead atoms. The molecule has 0 saturated carbocycles. The van der Waals surface area contributed by atoms with Crippen LogP contribution in [0.4, 0.5) is 5.69 Å². The number of amides is 1. The molecule has 1 N–H and O–H groups in total. The van der Waals surface area contributed by atoms with E-state index >= 15 is 0 Å². The van der Waals surface area contributed by atoms with E-state index in [-0.39, 0.29) is 12.5 Å². The molecule has 0 aliphatic heterocycles. The highest BCUT2D eigenvalue weighted by atomic mass is 16.5. The van der Waals surface area contributed by atoms with Crippen molar-refractivity contribution in [1.82, 2.24) is 0 Å². The van der Waals surface area contributed by atoms with Crippen molar-refractivity contribution in [2.45, 2.75) is 33.6 Å². The van der Waals surface area contributed by atoms with Crippen molar-refractivity contribution in [3.05, 3.63) is 53.6 Å². The number of rotatable bonds is 10. The lowest BCUT2D eigenvalue weighted by molar-refractivity contribution is -0.118. The zero-order valence-corrected chi connectivity index (χ0v) is 16.6. The summed E-state index contributed by atoms with van der Waals surface area (Å²) in [5, 5.41) is 2.83. The van der Waals surface area contributed by atoms with E-state index in [0.717, 1.165) is 22.6 Å². The average Bonchev–Trinajstić information content (AvgIpc) is 2.64. The first-order valence-corrected chi connectivity index (χ1v) is 9.33. The molecule has 0 aliphatic carbocycles. The van der Waals surface area contributed by atoms with E-state index in [1.54, 1.807) is 12.1 Å². The topological polar surface area (TPSA) is 56.8 Å². The van der Waals surface area contributed by atoms with Crippen molar-refractivity contribution in [2.24, 2.45) is 0 Å². The Morgan fingerprint density at radius 2 is 1.78 bits per heavy atom. The van der Waals surface area contributed by atoms with Gasteiger partial charge in [0.05, 0.1) is 6.61 Å². The maximum absolute atomic E-state index is 12.2. The quantitative estimate of drug-likeness (QED) is 0.623. The number of nitrogens with one attached hydrogen (secondary N) is 1.